The third-order valence-corrected chi connectivity index (χ3v) is 4.57. The summed E-state index contributed by atoms with van der Waals surface area (Å²) in [6.07, 6.45) is 3.38. The van der Waals surface area contributed by atoms with Crippen LogP contribution < -0.4 is 5.32 Å². The number of nitrogens with one attached hydrogen (secondary N) is 1. The number of aryl methyl sites for hydroxylation is 1. The summed E-state index contributed by atoms with van der Waals surface area (Å²) < 4.78 is 26.8. The average Bonchev–Trinajstić information content (AvgIpc) is 2.49. The Bertz CT molecular complexity index is 435. The van der Waals surface area contributed by atoms with Gasteiger partial charge in [0.2, 0.25) is 5.92 Å². The molecule has 0 aliphatic heterocycles. The predicted molar refractivity (Wildman–Crippen MR) is 83.8 cm³/mol. The van der Waals surface area contributed by atoms with Crippen LogP contribution in [-0.2, 0) is 6.42 Å². The van der Waals surface area contributed by atoms with Gasteiger partial charge in [0.15, 0.2) is 0 Å². The Labute approximate surface area is 127 Å². The number of hydrogen-bond donors (Lipinski definition) is 1. The summed E-state index contributed by atoms with van der Waals surface area (Å²) >= 11 is 0. The standard InChI is InChI=1S/C18H27F2N/c1-3-12-21-17(15-8-10-18(19,20)11-9-15)16-7-5-6-14(4-2)13-16/h5-7,13,15,17,21H,3-4,8-12H2,1-2H3. The number of rotatable bonds is 6. The number of alkyl halides is 2. The first-order valence-electron chi connectivity index (χ1n) is 8.25. The summed E-state index contributed by atoms with van der Waals surface area (Å²) in [5.74, 6) is -2.12. The molecule has 1 aromatic rings. The molecule has 1 unspecified atom stereocenters. The van der Waals surface area contributed by atoms with Crippen molar-refractivity contribution < 1.29 is 8.78 Å². The Morgan fingerprint density at radius 1 is 1.24 bits per heavy atom. The normalized spacial score (nSPS) is 20.4. The Morgan fingerprint density at radius 2 is 1.95 bits per heavy atom. The number of benzene rings is 1. The highest BCUT2D eigenvalue weighted by molar-refractivity contribution is 5.26. The Hall–Kier alpha value is -0.960. The molecule has 0 saturated heterocycles. The summed E-state index contributed by atoms with van der Waals surface area (Å²) in [6.45, 7) is 5.23. The van der Waals surface area contributed by atoms with Gasteiger partial charge in [-0.05, 0) is 49.3 Å². The van der Waals surface area contributed by atoms with Gasteiger partial charge >= 0.3 is 0 Å². The van der Waals surface area contributed by atoms with Crippen molar-refractivity contribution in [3.05, 3.63) is 35.4 Å². The number of hydrogen-bond acceptors (Lipinski definition) is 1. The largest absolute Gasteiger partial charge is 0.310 e. The molecule has 0 amide bonds. The molecule has 1 atom stereocenters. The second kappa shape index (κ2) is 7.35. The molecule has 0 heterocycles. The predicted octanol–water partition coefficient (Wildman–Crippen LogP) is 5.12. The highest BCUT2D eigenvalue weighted by atomic mass is 19.3. The SMILES string of the molecule is CCCNC(c1cccc(CC)c1)C1CCC(F)(F)CC1. The van der Waals surface area contributed by atoms with E-state index in [2.05, 4.69) is 43.4 Å². The van der Waals surface area contributed by atoms with E-state index in [1.54, 1.807) is 0 Å². The van der Waals surface area contributed by atoms with Crippen molar-refractivity contribution in [3.8, 4) is 0 Å². The maximum Gasteiger partial charge on any atom is 0.248 e. The second-order valence-electron chi connectivity index (χ2n) is 6.22. The van der Waals surface area contributed by atoms with Gasteiger partial charge in [0.1, 0.15) is 0 Å². The Morgan fingerprint density at radius 3 is 2.57 bits per heavy atom. The first kappa shape index (κ1) is 16.4. The monoisotopic (exact) mass is 295 g/mol. The smallest absolute Gasteiger partial charge is 0.248 e. The lowest BCUT2D eigenvalue weighted by Crippen LogP contribution is -2.34. The van der Waals surface area contributed by atoms with Crippen LogP contribution in [0.2, 0.25) is 0 Å². The highest BCUT2D eigenvalue weighted by Crippen LogP contribution is 2.41. The minimum Gasteiger partial charge on any atom is -0.310 e. The summed E-state index contributed by atoms with van der Waals surface area (Å²) in [6, 6.07) is 8.81. The summed E-state index contributed by atoms with van der Waals surface area (Å²) in [4.78, 5) is 0. The third-order valence-electron chi connectivity index (χ3n) is 4.57. The number of halogens is 2. The molecule has 1 nitrogen and oxygen atoms in total. The lowest BCUT2D eigenvalue weighted by Gasteiger charge is -2.34. The molecule has 1 fully saturated rings. The van der Waals surface area contributed by atoms with Crippen LogP contribution in [0.4, 0.5) is 8.78 Å². The fraction of sp³-hybridized carbons (Fsp3) is 0.667. The van der Waals surface area contributed by atoms with Crippen LogP contribution in [-0.4, -0.2) is 12.5 Å². The molecule has 21 heavy (non-hydrogen) atoms. The fourth-order valence-electron chi connectivity index (χ4n) is 3.26. The minimum atomic E-state index is -2.45. The van der Waals surface area contributed by atoms with Crippen LogP contribution >= 0.6 is 0 Å². The first-order chi connectivity index (χ1) is 10.1. The zero-order valence-corrected chi connectivity index (χ0v) is 13.2. The maximum absolute atomic E-state index is 13.4. The fourth-order valence-corrected chi connectivity index (χ4v) is 3.26. The van der Waals surface area contributed by atoms with E-state index < -0.39 is 5.92 Å². The van der Waals surface area contributed by atoms with Crippen LogP contribution in [0.1, 0.15) is 63.1 Å². The van der Waals surface area contributed by atoms with Crippen LogP contribution in [0.15, 0.2) is 24.3 Å². The molecule has 1 aromatic carbocycles. The van der Waals surface area contributed by atoms with E-state index in [0.717, 1.165) is 19.4 Å². The van der Waals surface area contributed by atoms with E-state index in [4.69, 9.17) is 0 Å². The molecule has 3 heteroatoms. The van der Waals surface area contributed by atoms with E-state index in [0.29, 0.717) is 18.8 Å². The maximum atomic E-state index is 13.4. The lowest BCUT2D eigenvalue weighted by molar-refractivity contribution is -0.0497. The van der Waals surface area contributed by atoms with Gasteiger partial charge in [0, 0.05) is 18.9 Å². The van der Waals surface area contributed by atoms with Crippen LogP contribution in [0.5, 0.6) is 0 Å². The van der Waals surface area contributed by atoms with Crippen molar-refractivity contribution in [1.29, 1.82) is 0 Å². The molecule has 0 radical (unpaired) electrons. The van der Waals surface area contributed by atoms with E-state index in [1.165, 1.54) is 11.1 Å². The molecule has 1 aliphatic rings. The van der Waals surface area contributed by atoms with Crippen molar-refractivity contribution >= 4 is 0 Å². The van der Waals surface area contributed by atoms with Gasteiger partial charge in [-0.3, -0.25) is 0 Å². The molecule has 1 saturated carbocycles. The van der Waals surface area contributed by atoms with Gasteiger partial charge in [-0.25, -0.2) is 8.78 Å². The van der Waals surface area contributed by atoms with Crippen LogP contribution in [0.25, 0.3) is 0 Å². The van der Waals surface area contributed by atoms with Crippen LogP contribution in [0, 0.1) is 5.92 Å². The zero-order chi connectivity index (χ0) is 15.3. The van der Waals surface area contributed by atoms with Gasteiger partial charge in [-0.2, -0.15) is 0 Å². The van der Waals surface area contributed by atoms with Crippen molar-refractivity contribution in [3.63, 3.8) is 0 Å². The van der Waals surface area contributed by atoms with Gasteiger partial charge in [0.25, 0.3) is 0 Å². The Balaban J connectivity index is 2.13. The van der Waals surface area contributed by atoms with E-state index >= 15 is 0 Å². The van der Waals surface area contributed by atoms with E-state index in [9.17, 15) is 8.78 Å². The summed E-state index contributed by atoms with van der Waals surface area (Å²) in [5, 5.41) is 3.59. The second-order valence-corrected chi connectivity index (χ2v) is 6.22. The molecule has 0 spiro atoms. The zero-order valence-electron chi connectivity index (χ0n) is 13.2. The topological polar surface area (TPSA) is 12.0 Å². The first-order valence-corrected chi connectivity index (χ1v) is 8.25. The molecule has 0 aromatic heterocycles. The quantitative estimate of drug-likeness (QED) is 0.768. The minimum absolute atomic E-state index is 0.0371. The molecule has 1 N–H and O–H groups in total. The van der Waals surface area contributed by atoms with E-state index in [1.807, 2.05) is 0 Å². The van der Waals surface area contributed by atoms with Gasteiger partial charge in [0.05, 0.1) is 0 Å². The molecular weight excluding hydrogens is 268 g/mol. The average molecular weight is 295 g/mol. The molecular formula is C18H27F2N. The van der Waals surface area contributed by atoms with Gasteiger partial charge in [-0.15, -0.1) is 0 Å². The molecule has 1 aliphatic carbocycles. The van der Waals surface area contributed by atoms with Crippen molar-refractivity contribution in [1.82, 2.24) is 5.32 Å². The summed E-state index contributed by atoms with van der Waals surface area (Å²) in [5.41, 5.74) is 2.58. The molecule has 0 bridgehead atoms. The summed E-state index contributed by atoms with van der Waals surface area (Å²) in [7, 11) is 0. The molecule has 2 rings (SSSR count). The van der Waals surface area contributed by atoms with Gasteiger partial charge in [-0.1, -0.05) is 38.1 Å². The third kappa shape index (κ3) is 4.50. The van der Waals surface area contributed by atoms with Crippen LogP contribution in [0.3, 0.4) is 0 Å². The molecule has 118 valence electrons. The van der Waals surface area contributed by atoms with E-state index in [-0.39, 0.29) is 18.9 Å². The van der Waals surface area contributed by atoms with Crippen molar-refractivity contribution in [2.75, 3.05) is 6.54 Å². The van der Waals surface area contributed by atoms with Crippen molar-refractivity contribution in [2.45, 2.75) is 64.3 Å². The van der Waals surface area contributed by atoms with Crippen molar-refractivity contribution in [2.24, 2.45) is 5.92 Å². The van der Waals surface area contributed by atoms with Gasteiger partial charge < -0.3 is 5.32 Å². The highest BCUT2D eigenvalue weighted by Gasteiger charge is 2.37. The lowest BCUT2D eigenvalue weighted by atomic mass is 9.79. The Kier molecular flexibility index (Phi) is 5.74.